The van der Waals surface area contributed by atoms with E-state index in [0.29, 0.717) is 19.3 Å². The first-order valence-electron chi connectivity index (χ1n) is 8.36. The molecular formula is C18H25N3O2. The maximum atomic E-state index is 12.7. The van der Waals surface area contributed by atoms with Crippen LogP contribution in [-0.4, -0.2) is 35.2 Å². The van der Waals surface area contributed by atoms with Crippen LogP contribution in [-0.2, 0) is 0 Å². The van der Waals surface area contributed by atoms with E-state index in [-0.39, 0.29) is 24.7 Å². The molecule has 2 rings (SSSR count). The van der Waals surface area contributed by atoms with E-state index in [0.717, 1.165) is 31.4 Å². The number of carbonyl (C=O) groups is 1. The first-order chi connectivity index (χ1) is 11.3. The average Bonchev–Trinajstić information content (AvgIpc) is 2.60. The van der Waals surface area contributed by atoms with Gasteiger partial charge in [0.2, 0.25) is 0 Å². The summed E-state index contributed by atoms with van der Waals surface area (Å²) in [5.74, 6) is 0. The summed E-state index contributed by atoms with van der Waals surface area (Å²) in [6.45, 7) is 0.835. The lowest BCUT2D eigenvalue weighted by Gasteiger charge is -2.36. The number of aliphatic hydroxyl groups excluding tert-OH is 1. The molecule has 23 heavy (non-hydrogen) atoms. The zero-order chi connectivity index (χ0) is 16.5. The molecule has 1 aliphatic rings. The van der Waals surface area contributed by atoms with Crippen molar-refractivity contribution in [2.45, 2.75) is 50.6 Å². The van der Waals surface area contributed by atoms with Crippen molar-refractivity contribution in [3.63, 3.8) is 0 Å². The number of carbonyl (C=O) groups excluding carboxylic acids is 1. The van der Waals surface area contributed by atoms with Gasteiger partial charge in [0.1, 0.15) is 0 Å². The van der Waals surface area contributed by atoms with Crippen molar-refractivity contribution in [2.24, 2.45) is 0 Å². The van der Waals surface area contributed by atoms with Gasteiger partial charge >= 0.3 is 6.03 Å². The van der Waals surface area contributed by atoms with Crippen LogP contribution in [0.1, 0.15) is 50.1 Å². The highest BCUT2D eigenvalue weighted by atomic mass is 16.3. The van der Waals surface area contributed by atoms with Crippen LogP contribution in [0.4, 0.5) is 4.79 Å². The average molecular weight is 315 g/mol. The summed E-state index contributed by atoms with van der Waals surface area (Å²) in [6.07, 6.45) is 4.68. The summed E-state index contributed by atoms with van der Waals surface area (Å²) in [7, 11) is 0. The van der Waals surface area contributed by atoms with E-state index in [1.807, 2.05) is 35.2 Å². The second-order valence-corrected chi connectivity index (χ2v) is 5.96. The number of rotatable bonds is 6. The third-order valence-corrected chi connectivity index (χ3v) is 4.39. The summed E-state index contributed by atoms with van der Waals surface area (Å²) >= 11 is 0. The Hall–Kier alpha value is -2.06. The van der Waals surface area contributed by atoms with Crippen molar-refractivity contribution in [3.8, 4) is 6.07 Å². The summed E-state index contributed by atoms with van der Waals surface area (Å²) in [6, 6.07) is 11.8. The number of nitriles is 1. The van der Waals surface area contributed by atoms with E-state index < -0.39 is 0 Å². The number of nitrogens with zero attached hydrogens (tertiary/aromatic N) is 2. The van der Waals surface area contributed by atoms with Crippen LogP contribution in [0.3, 0.4) is 0 Å². The number of hydrogen-bond acceptors (Lipinski definition) is 3. The van der Waals surface area contributed by atoms with Gasteiger partial charge in [-0.2, -0.15) is 5.26 Å². The van der Waals surface area contributed by atoms with E-state index in [2.05, 4.69) is 11.4 Å². The molecule has 1 aromatic carbocycles. The van der Waals surface area contributed by atoms with Crippen LogP contribution < -0.4 is 5.32 Å². The molecule has 124 valence electrons. The van der Waals surface area contributed by atoms with Crippen LogP contribution in [0.15, 0.2) is 30.3 Å². The molecule has 0 aromatic heterocycles. The molecule has 5 heteroatoms. The molecule has 0 spiro atoms. The molecule has 1 saturated heterocycles. The molecule has 2 atom stereocenters. The second kappa shape index (κ2) is 9.16. The molecule has 0 radical (unpaired) electrons. The molecular weight excluding hydrogens is 290 g/mol. The van der Waals surface area contributed by atoms with Crippen LogP contribution >= 0.6 is 0 Å². The van der Waals surface area contributed by atoms with Gasteiger partial charge in [0.25, 0.3) is 0 Å². The van der Waals surface area contributed by atoms with Gasteiger partial charge in [0.05, 0.1) is 12.1 Å². The third-order valence-electron chi connectivity index (χ3n) is 4.39. The molecule has 2 amide bonds. The van der Waals surface area contributed by atoms with Crippen molar-refractivity contribution < 1.29 is 9.90 Å². The number of piperidine rings is 1. The fraction of sp³-hybridized carbons (Fsp3) is 0.556. The molecule has 1 heterocycles. The first kappa shape index (κ1) is 17.3. The molecule has 1 aromatic rings. The number of aliphatic hydroxyl groups is 1. The highest BCUT2D eigenvalue weighted by Gasteiger charge is 2.27. The molecule has 1 fully saturated rings. The Bertz CT molecular complexity index is 525. The van der Waals surface area contributed by atoms with Crippen LogP contribution in [0.2, 0.25) is 0 Å². The van der Waals surface area contributed by atoms with Crippen molar-refractivity contribution in [1.82, 2.24) is 10.2 Å². The number of nitrogens with one attached hydrogen (secondary N) is 1. The minimum absolute atomic E-state index is 0.0880. The van der Waals surface area contributed by atoms with Gasteiger partial charge in [0, 0.05) is 25.6 Å². The van der Waals surface area contributed by atoms with Crippen molar-refractivity contribution in [3.05, 3.63) is 35.9 Å². The van der Waals surface area contributed by atoms with Crippen LogP contribution in [0.25, 0.3) is 0 Å². The van der Waals surface area contributed by atoms with E-state index >= 15 is 0 Å². The highest BCUT2D eigenvalue weighted by Crippen LogP contribution is 2.22. The number of benzene rings is 1. The number of likely N-dealkylation sites (tertiary alicyclic amines) is 1. The molecule has 0 aliphatic carbocycles. The molecule has 2 N–H and O–H groups in total. The quantitative estimate of drug-likeness (QED) is 0.847. The molecule has 5 nitrogen and oxygen atoms in total. The van der Waals surface area contributed by atoms with Gasteiger partial charge < -0.3 is 15.3 Å². The Balaban J connectivity index is 2.05. The van der Waals surface area contributed by atoms with Gasteiger partial charge in [-0.05, 0) is 37.7 Å². The largest absolute Gasteiger partial charge is 0.396 e. The fourth-order valence-corrected chi connectivity index (χ4v) is 3.17. The lowest BCUT2D eigenvalue weighted by atomic mass is 9.99. The monoisotopic (exact) mass is 315 g/mol. The lowest BCUT2D eigenvalue weighted by Crippen LogP contribution is -2.49. The molecule has 0 saturated carbocycles. The minimum Gasteiger partial charge on any atom is -0.396 e. The smallest absolute Gasteiger partial charge is 0.318 e. The van der Waals surface area contributed by atoms with Crippen molar-refractivity contribution in [2.75, 3.05) is 13.2 Å². The van der Waals surface area contributed by atoms with E-state index in [4.69, 9.17) is 5.26 Å². The van der Waals surface area contributed by atoms with Gasteiger partial charge in [-0.1, -0.05) is 30.3 Å². The standard InChI is InChI=1S/C18H25N3O2/c19-12-6-10-17(15-7-2-1-3-8-15)20-18(23)21-13-5-4-9-16(21)11-14-22/h1-3,7-8,16-17,22H,4-6,9-11,13-14H2,(H,20,23). The summed E-state index contributed by atoms with van der Waals surface area (Å²) < 4.78 is 0. The third kappa shape index (κ3) is 4.97. The van der Waals surface area contributed by atoms with E-state index in [1.165, 1.54) is 0 Å². The van der Waals surface area contributed by atoms with Crippen LogP contribution in [0.5, 0.6) is 0 Å². The lowest BCUT2D eigenvalue weighted by molar-refractivity contribution is 0.129. The van der Waals surface area contributed by atoms with Gasteiger partial charge in [-0.25, -0.2) is 4.79 Å². The summed E-state index contributed by atoms with van der Waals surface area (Å²) in [5.41, 5.74) is 1.02. The maximum absolute atomic E-state index is 12.7. The van der Waals surface area contributed by atoms with Crippen molar-refractivity contribution >= 4 is 6.03 Å². The zero-order valence-electron chi connectivity index (χ0n) is 13.4. The molecule has 1 aliphatic heterocycles. The maximum Gasteiger partial charge on any atom is 0.318 e. The Morgan fingerprint density at radius 3 is 2.87 bits per heavy atom. The highest BCUT2D eigenvalue weighted by molar-refractivity contribution is 5.75. The predicted octanol–water partition coefficient (Wildman–Crippen LogP) is 2.98. The molecule has 2 unspecified atom stereocenters. The molecule has 0 bridgehead atoms. The number of amides is 2. The SMILES string of the molecule is N#CCCC(NC(=O)N1CCCCC1CCO)c1ccccc1. The first-order valence-corrected chi connectivity index (χ1v) is 8.36. The van der Waals surface area contributed by atoms with E-state index in [1.54, 1.807) is 0 Å². The summed E-state index contributed by atoms with van der Waals surface area (Å²) in [4.78, 5) is 14.5. The van der Waals surface area contributed by atoms with Gasteiger partial charge in [-0.15, -0.1) is 0 Å². The van der Waals surface area contributed by atoms with Crippen molar-refractivity contribution in [1.29, 1.82) is 5.26 Å². The predicted molar refractivity (Wildman–Crippen MR) is 88.6 cm³/mol. The topological polar surface area (TPSA) is 76.4 Å². The summed E-state index contributed by atoms with van der Waals surface area (Å²) in [5, 5.41) is 21.1. The Labute approximate surface area is 137 Å². The second-order valence-electron chi connectivity index (χ2n) is 5.96. The number of urea groups is 1. The fourth-order valence-electron chi connectivity index (χ4n) is 3.17. The van der Waals surface area contributed by atoms with Crippen LogP contribution in [0, 0.1) is 11.3 Å². The Kier molecular flexibility index (Phi) is 6.89. The van der Waals surface area contributed by atoms with E-state index in [9.17, 15) is 9.90 Å². The Morgan fingerprint density at radius 2 is 2.17 bits per heavy atom. The zero-order valence-corrected chi connectivity index (χ0v) is 13.4. The normalized spacial score (nSPS) is 19.0. The Morgan fingerprint density at radius 1 is 1.39 bits per heavy atom. The minimum atomic E-state index is -0.153. The van der Waals surface area contributed by atoms with Gasteiger partial charge in [-0.3, -0.25) is 0 Å². The van der Waals surface area contributed by atoms with Gasteiger partial charge in [0.15, 0.2) is 0 Å². The number of hydrogen-bond donors (Lipinski definition) is 2.